The van der Waals surface area contributed by atoms with Gasteiger partial charge in [0.15, 0.2) is 0 Å². The summed E-state index contributed by atoms with van der Waals surface area (Å²) in [5.41, 5.74) is -0.269. The third kappa shape index (κ3) is 10.9. The number of nitrogens with zero attached hydrogens (tertiary/aromatic N) is 8. The van der Waals surface area contributed by atoms with Crippen molar-refractivity contribution in [3.8, 4) is 23.3 Å². The molecule has 2 atom stereocenters. The van der Waals surface area contributed by atoms with E-state index in [1.165, 1.54) is 53.9 Å². The zero-order valence-electron chi connectivity index (χ0n) is 30.7. The summed E-state index contributed by atoms with van der Waals surface area (Å²) in [7, 11) is 0. The van der Waals surface area contributed by atoms with Crippen molar-refractivity contribution in [2.45, 2.75) is 43.4 Å². The van der Waals surface area contributed by atoms with Gasteiger partial charge in [-0.25, -0.2) is 32.2 Å². The number of hydrogen-bond donors (Lipinski definition) is 1. The number of aryl methyl sites for hydroxylation is 2. The van der Waals surface area contributed by atoms with Gasteiger partial charge >= 0.3 is 0 Å². The van der Waals surface area contributed by atoms with Gasteiger partial charge in [-0.15, -0.1) is 5.10 Å². The Morgan fingerprint density at radius 1 is 0.712 bits per heavy atom. The lowest BCUT2D eigenvalue weighted by atomic mass is 9.90. The van der Waals surface area contributed by atoms with Crippen LogP contribution in [0.2, 0.25) is 10.0 Å². The van der Waals surface area contributed by atoms with Crippen molar-refractivity contribution in [3.63, 3.8) is 0 Å². The Morgan fingerprint density at radius 2 is 1.31 bits per heavy atom. The minimum absolute atomic E-state index is 0.0191. The number of benzene rings is 2. The van der Waals surface area contributed by atoms with Crippen LogP contribution in [-0.2, 0) is 35.3 Å². The standard InChI is InChI=1S/C21H17ClF2N6O2.C20H15ClF2N2O2/c22-15-2-6-20(26-10-15)32-17-4-5-19(25-11-17)21(31,12-30-13-27-28-29-30)8-7-14-1-3-16(23)9-18(14)24;21-14-2-6-19(25-10-14)27-16-4-5-18(24-11-16)20(12-26-20)8-7-13-1-3-15(22)9-17(13)23/h1-6,9-11,13,31H,7-8,12H2;1-6,9-11H,7-8,12H2. The Kier molecular flexibility index (Phi) is 12.7. The molecule has 18 heteroatoms. The smallest absolute Gasteiger partial charge is 0.219 e. The van der Waals surface area contributed by atoms with Gasteiger partial charge in [-0.1, -0.05) is 35.3 Å². The Bertz CT molecular complexity index is 2470. The van der Waals surface area contributed by atoms with Crippen LogP contribution in [0.5, 0.6) is 23.3 Å². The highest BCUT2D eigenvalue weighted by molar-refractivity contribution is 6.30. The lowest BCUT2D eigenvalue weighted by molar-refractivity contribution is 0.00174. The summed E-state index contributed by atoms with van der Waals surface area (Å²) in [5.74, 6) is -0.784. The van der Waals surface area contributed by atoms with E-state index < -0.39 is 34.5 Å². The van der Waals surface area contributed by atoms with Crippen LogP contribution in [0, 0.1) is 23.3 Å². The molecule has 2 aromatic carbocycles. The minimum Gasteiger partial charge on any atom is -0.437 e. The van der Waals surface area contributed by atoms with Gasteiger partial charge in [0.25, 0.3) is 0 Å². The lowest BCUT2D eigenvalue weighted by Gasteiger charge is -2.27. The molecule has 0 amide bonds. The molecule has 0 radical (unpaired) electrons. The molecule has 0 bridgehead atoms. The zero-order chi connectivity index (χ0) is 41.4. The normalized spacial score (nSPS) is 15.4. The fourth-order valence-electron chi connectivity index (χ4n) is 5.96. The SMILES string of the molecule is Fc1ccc(CCC2(c3ccc(Oc4ccc(Cl)cn4)cn3)CO2)c(F)c1.OC(CCc1ccc(F)cc1F)(Cn1cnnn1)c1ccc(Oc2ccc(Cl)cn2)cn1. The molecule has 0 spiro atoms. The van der Waals surface area contributed by atoms with Crippen LogP contribution >= 0.6 is 23.2 Å². The first-order valence-electron chi connectivity index (χ1n) is 17.9. The van der Waals surface area contributed by atoms with E-state index in [9.17, 15) is 22.7 Å². The molecule has 6 heterocycles. The van der Waals surface area contributed by atoms with Crippen LogP contribution in [0.25, 0.3) is 0 Å². The van der Waals surface area contributed by atoms with Crippen molar-refractivity contribution in [1.29, 1.82) is 0 Å². The molecule has 7 aromatic rings. The van der Waals surface area contributed by atoms with Crippen LogP contribution in [0.15, 0.2) is 116 Å². The first-order valence-corrected chi connectivity index (χ1v) is 18.7. The van der Waals surface area contributed by atoms with Gasteiger partial charge < -0.3 is 19.3 Å². The fraction of sp³-hybridized carbons (Fsp3) is 0.195. The number of aromatic nitrogens is 8. The number of pyridine rings is 4. The van der Waals surface area contributed by atoms with E-state index in [0.717, 1.165) is 17.8 Å². The molecule has 8 rings (SSSR count). The van der Waals surface area contributed by atoms with E-state index in [1.54, 1.807) is 48.7 Å². The number of aliphatic hydroxyl groups is 1. The fourth-order valence-corrected chi connectivity index (χ4v) is 6.18. The maximum absolute atomic E-state index is 14.1. The molecule has 1 saturated heterocycles. The second kappa shape index (κ2) is 18.2. The average molecular weight is 848 g/mol. The number of epoxide rings is 1. The van der Waals surface area contributed by atoms with Gasteiger partial charge in [-0.3, -0.25) is 9.97 Å². The van der Waals surface area contributed by atoms with E-state index >= 15 is 0 Å². The van der Waals surface area contributed by atoms with Crippen molar-refractivity contribution in [1.82, 2.24) is 40.1 Å². The van der Waals surface area contributed by atoms with Crippen LogP contribution in [0.4, 0.5) is 17.6 Å². The molecule has 1 fully saturated rings. The van der Waals surface area contributed by atoms with Crippen LogP contribution in [0.3, 0.4) is 0 Å². The lowest BCUT2D eigenvalue weighted by Crippen LogP contribution is -2.33. The molecule has 5 aromatic heterocycles. The molecule has 59 heavy (non-hydrogen) atoms. The number of halogens is 6. The summed E-state index contributed by atoms with van der Waals surface area (Å²) < 4.78 is 72.3. The van der Waals surface area contributed by atoms with Gasteiger partial charge in [0.1, 0.15) is 52.3 Å². The summed E-state index contributed by atoms with van der Waals surface area (Å²) in [6.07, 6.45) is 8.55. The van der Waals surface area contributed by atoms with Crippen molar-refractivity contribution in [2.75, 3.05) is 6.61 Å². The quantitative estimate of drug-likeness (QED) is 0.0828. The van der Waals surface area contributed by atoms with Gasteiger partial charge in [0.05, 0.1) is 47.0 Å². The molecule has 2 unspecified atom stereocenters. The van der Waals surface area contributed by atoms with E-state index in [2.05, 4.69) is 35.5 Å². The largest absolute Gasteiger partial charge is 0.437 e. The molecule has 0 saturated carbocycles. The van der Waals surface area contributed by atoms with Crippen LogP contribution < -0.4 is 9.47 Å². The molecular formula is C41H32Cl2F4N8O4. The minimum atomic E-state index is -1.53. The molecule has 302 valence electrons. The van der Waals surface area contributed by atoms with Crippen molar-refractivity contribution >= 4 is 23.2 Å². The van der Waals surface area contributed by atoms with Crippen molar-refractivity contribution in [3.05, 3.63) is 172 Å². The average Bonchev–Trinajstić information content (AvgIpc) is 3.85. The maximum atomic E-state index is 14.1. The Hall–Kier alpha value is -6.07. The van der Waals surface area contributed by atoms with E-state index in [1.807, 2.05) is 6.07 Å². The molecule has 1 N–H and O–H groups in total. The number of rotatable bonds is 14. The highest BCUT2D eigenvalue weighted by atomic mass is 35.5. The summed E-state index contributed by atoms with van der Waals surface area (Å²) in [6.45, 7) is 0.497. The third-order valence-electron chi connectivity index (χ3n) is 9.21. The van der Waals surface area contributed by atoms with E-state index in [0.29, 0.717) is 64.0 Å². The Balaban J connectivity index is 0.000000181. The molecule has 1 aliphatic rings. The maximum Gasteiger partial charge on any atom is 0.219 e. The van der Waals surface area contributed by atoms with Crippen molar-refractivity contribution in [2.24, 2.45) is 0 Å². The second-order valence-corrected chi connectivity index (χ2v) is 14.3. The van der Waals surface area contributed by atoms with Gasteiger partial charge in [-0.05, 0) is 95.8 Å². The third-order valence-corrected chi connectivity index (χ3v) is 9.65. The Labute approximate surface area is 344 Å². The number of hydrogen-bond acceptors (Lipinski definition) is 11. The first-order chi connectivity index (χ1) is 28.4. The monoisotopic (exact) mass is 846 g/mol. The molecule has 0 aliphatic carbocycles. The summed E-state index contributed by atoms with van der Waals surface area (Å²) in [5, 5.41) is 23.4. The number of ether oxygens (including phenoxy) is 3. The van der Waals surface area contributed by atoms with Gasteiger partial charge in [0.2, 0.25) is 11.8 Å². The Morgan fingerprint density at radius 3 is 1.78 bits per heavy atom. The zero-order valence-corrected chi connectivity index (χ0v) is 32.2. The highest BCUT2D eigenvalue weighted by Crippen LogP contribution is 2.42. The summed E-state index contributed by atoms with van der Waals surface area (Å²) >= 11 is 11.6. The summed E-state index contributed by atoms with van der Waals surface area (Å²) in [6, 6.07) is 20.4. The van der Waals surface area contributed by atoms with Gasteiger partial charge in [0, 0.05) is 36.7 Å². The number of tetrazole rings is 1. The van der Waals surface area contributed by atoms with Crippen molar-refractivity contribution < 1.29 is 36.9 Å². The topological polar surface area (TPSA) is 146 Å². The van der Waals surface area contributed by atoms with E-state index in [4.69, 9.17) is 37.4 Å². The highest BCUT2D eigenvalue weighted by Gasteiger charge is 2.47. The van der Waals surface area contributed by atoms with E-state index in [-0.39, 0.29) is 24.9 Å². The molecule has 12 nitrogen and oxygen atoms in total. The summed E-state index contributed by atoms with van der Waals surface area (Å²) in [4.78, 5) is 16.9. The van der Waals surface area contributed by atoms with Gasteiger partial charge in [-0.2, -0.15) is 0 Å². The molecule has 1 aliphatic heterocycles. The van der Waals surface area contributed by atoms with Crippen LogP contribution in [0.1, 0.15) is 35.4 Å². The van der Waals surface area contributed by atoms with Crippen LogP contribution in [-0.4, -0.2) is 51.9 Å². The predicted octanol–water partition coefficient (Wildman–Crippen LogP) is 8.77. The molecular weight excluding hydrogens is 815 g/mol. The predicted molar refractivity (Wildman–Crippen MR) is 206 cm³/mol. The second-order valence-electron chi connectivity index (χ2n) is 13.4. The first kappa shape index (κ1) is 41.1.